The van der Waals surface area contributed by atoms with E-state index in [0.717, 1.165) is 25.6 Å². The van der Waals surface area contributed by atoms with Crippen molar-refractivity contribution in [1.29, 1.82) is 0 Å². The maximum atomic E-state index is 12.1. The molecule has 1 aliphatic heterocycles. The van der Waals surface area contributed by atoms with Crippen LogP contribution >= 0.6 is 24.0 Å². The Kier molecular flexibility index (Phi) is 8.79. The smallest absolute Gasteiger partial charge is 0.238 e. The summed E-state index contributed by atoms with van der Waals surface area (Å²) >= 11 is 6.04. The molecule has 1 heterocycles. The molecule has 124 valence electrons. The van der Waals surface area contributed by atoms with Crippen molar-refractivity contribution < 1.29 is 4.79 Å². The zero-order valence-electron chi connectivity index (χ0n) is 13.0. The van der Waals surface area contributed by atoms with Crippen LogP contribution in [0.4, 0.5) is 5.69 Å². The number of benzene rings is 1. The molecule has 0 unspecified atom stereocenters. The summed E-state index contributed by atoms with van der Waals surface area (Å²) in [6.45, 7) is 3.54. The summed E-state index contributed by atoms with van der Waals surface area (Å²) in [5.74, 6) is 0.803. The van der Waals surface area contributed by atoms with E-state index in [-0.39, 0.29) is 18.3 Å². The Bertz CT molecular complexity index is 462. The number of piperidine rings is 1. The van der Waals surface area contributed by atoms with Gasteiger partial charge < -0.3 is 10.6 Å². The van der Waals surface area contributed by atoms with Crippen LogP contribution in [0.2, 0.25) is 5.02 Å². The Morgan fingerprint density at radius 1 is 1.32 bits per heavy atom. The Balaban J connectivity index is 0.00000242. The highest BCUT2D eigenvalue weighted by molar-refractivity contribution is 6.33. The summed E-state index contributed by atoms with van der Waals surface area (Å²) in [6, 6.07) is 7.33. The van der Waals surface area contributed by atoms with Gasteiger partial charge in [-0.05, 0) is 64.0 Å². The predicted octanol–water partition coefficient (Wildman–Crippen LogP) is 3.02. The zero-order chi connectivity index (χ0) is 15.1. The summed E-state index contributed by atoms with van der Waals surface area (Å²) in [4.78, 5) is 14.3. The molecule has 1 aromatic carbocycles. The van der Waals surface area contributed by atoms with Crippen molar-refractivity contribution in [3.05, 3.63) is 29.3 Å². The van der Waals surface area contributed by atoms with Crippen LogP contribution in [-0.4, -0.2) is 44.0 Å². The molecule has 0 spiro atoms. The molecular formula is C16H25Cl2N3O. The lowest BCUT2D eigenvalue weighted by atomic mass is 9.93. The summed E-state index contributed by atoms with van der Waals surface area (Å²) in [7, 11) is 1.99. The van der Waals surface area contributed by atoms with Gasteiger partial charge in [-0.3, -0.25) is 9.69 Å². The number of anilines is 1. The Morgan fingerprint density at radius 2 is 2.00 bits per heavy atom. The van der Waals surface area contributed by atoms with E-state index in [1.165, 1.54) is 19.3 Å². The van der Waals surface area contributed by atoms with Crippen LogP contribution in [0, 0.1) is 5.92 Å². The molecule has 2 rings (SSSR count). The second-order valence-corrected chi connectivity index (χ2v) is 6.05. The fraction of sp³-hybridized carbons (Fsp3) is 0.562. The molecule has 22 heavy (non-hydrogen) atoms. The van der Waals surface area contributed by atoms with Gasteiger partial charge in [0.25, 0.3) is 0 Å². The van der Waals surface area contributed by atoms with Crippen molar-refractivity contribution >= 4 is 35.6 Å². The van der Waals surface area contributed by atoms with Crippen molar-refractivity contribution in [2.24, 2.45) is 5.92 Å². The molecule has 1 saturated heterocycles. The van der Waals surface area contributed by atoms with Crippen molar-refractivity contribution in [2.45, 2.75) is 19.3 Å². The van der Waals surface area contributed by atoms with E-state index in [0.29, 0.717) is 17.3 Å². The lowest BCUT2D eigenvalue weighted by Gasteiger charge is -2.31. The summed E-state index contributed by atoms with van der Waals surface area (Å²) in [5.41, 5.74) is 0.688. The lowest BCUT2D eigenvalue weighted by molar-refractivity contribution is -0.117. The number of nitrogens with zero attached hydrogens (tertiary/aromatic N) is 1. The number of hydrogen-bond acceptors (Lipinski definition) is 3. The van der Waals surface area contributed by atoms with Crippen LogP contribution in [0.5, 0.6) is 0 Å². The van der Waals surface area contributed by atoms with Crippen LogP contribution in [0.3, 0.4) is 0 Å². The van der Waals surface area contributed by atoms with Gasteiger partial charge in [0.1, 0.15) is 0 Å². The second kappa shape index (κ2) is 10.1. The first-order chi connectivity index (χ1) is 10.2. The largest absolute Gasteiger partial charge is 0.324 e. The molecule has 1 aromatic rings. The first kappa shape index (κ1) is 19.2. The van der Waals surface area contributed by atoms with Gasteiger partial charge in [0.05, 0.1) is 17.3 Å². The van der Waals surface area contributed by atoms with Gasteiger partial charge in [-0.2, -0.15) is 0 Å². The Morgan fingerprint density at radius 3 is 2.64 bits per heavy atom. The van der Waals surface area contributed by atoms with Crippen molar-refractivity contribution in [3.8, 4) is 0 Å². The molecule has 0 aliphatic carbocycles. The van der Waals surface area contributed by atoms with Crippen LogP contribution in [0.1, 0.15) is 19.3 Å². The van der Waals surface area contributed by atoms with E-state index in [1.54, 1.807) is 6.07 Å². The Hall–Kier alpha value is -0.810. The van der Waals surface area contributed by atoms with Crippen molar-refractivity contribution in [2.75, 3.05) is 38.5 Å². The minimum Gasteiger partial charge on any atom is -0.324 e. The topological polar surface area (TPSA) is 44.4 Å². The number of nitrogens with one attached hydrogen (secondary N) is 2. The molecule has 0 bridgehead atoms. The summed E-state index contributed by atoms with van der Waals surface area (Å²) in [6.07, 6.45) is 3.60. The van der Waals surface area contributed by atoms with Gasteiger partial charge in [-0.1, -0.05) is 23.7 Å². The van der Waals surface area contributed by atoms with Gasteiger partial charge in [0.15, 0.2) is 0 Å². The van der Waals surface area contributed by atoms with Crippen LogP contribution < -0.4 is 10.6 Å². The predicted molar refractivity (Wildman–Crippen MR) is 95.0 cm³/mol. The van der Waals surface area contributed by atoms with Crippen LogP contribution in [0.15, 0.2) is 24.3 Å². The van der Waals surface area contributed by atoms with Gasteiger partial charge in [0, 0.05) is 0 Å². The van der Waals surface area contributed by atoms with Crippen molar-refractivity contribution in [1.82, 2.24) is 10.2 Å². The molecule has 0 atom stereocenters. The van der Waals surface area contributed by atoms with Gasteiger partial charge in [-0.25, -0.2) is 0 Å². The van der Waals surface area contributed by atoms with E-state index < -0.39 is 0 Å². The average Bonchev–Trinajstić information content (AvgIpc) is 2.49. The third kappa shape index (κ3) is 6.13. The number of hydrogen-bond donors (Lipinski definition) is 2. The number of amides is 1. The third-order valence-electron chi connectivity index (χ3n) is 4.02. The number of rotatable bonds is 6. The number of carbonyl (C=O) groups excluding carboxylic acids is 1. The first-order valence-electron chi connectivity index (χ1n) is 7.60. The standard InChI is InChI=1S/C16H24ClN3O.ClH/c1-18-9-6-13-7-10-20(11-8-13)12-16(21)19-15-5-3-2-4-14(15)17;/h2-5,13,18H,6-12H2,1H3,(H,19,21);1H. The molecular weight excluding hydrogens is 321 g/mol. The molecule has 2 N–H and O–H groups in total. The maximum absolute atomic E-state index is 12.1. The highest BCUT2D eigenvalue weighted by Crippen LogP contribution is 2.22. The van der Waals surface area contributed by atoms with Crippen molar-refractivity contribution in [3.63, 3.8) is 0 Å². The fourth-order valence-electron chi connectivity index (χ4n) is 2.74. The van der Waals surface area contributed by atoms with E-state index in [9.17, 15) is 4.79 Å². The summed E-state index contributed by atoms with van der Waals surface area (Å²) < 4.78 is 0. The Labute approximate surface area is 144 Å². The molecule has 4 nitrogen and oxygen atoms in total. The molecule has 0 aromatic heterocycles. The molecule has 1 fully saturated rings. The molecule has 0 saturated carbocycles. The van der Waals surface area contributed by atoms with Gasteiger partial charge in [-0.15, -0.1) is 12.4 Å². The van der Waals surface area contributed by atoms with E-state index in [2.05, 4.69) is 15.5 Å². The third-order valence-corrected chi connectivity index (χ3v) is 4.35. The zero-order valence-corrected chi connectivity index (χ0v) is 14.6. The maximum Gasteiger partial charge on any atom is 0.238 e. The van der Waals surface area contributed by atoms with E-state index >= 15 is 0 Å². The number of carbonyl (C=O) groups is 1. The number of halogens is 2. The van der Waals surface area contributed by atoms with Gasteiger partial charge in [0.2, 0.25) is 5.91 Å². The first-order valence-corrected chi connectivity index (χ1v) is 7.98. The van der Waals surface area contributed by atoms with E-state index in [1.807, 2.05) is 25.2 Å². The molecule has 0 radical (unpaired) electrons. The molecule has 1 amide bonds. The normalized spacial score (nSPS) is 16.1. The minimum absolute atomic E-state index is 0. The van der Waals surface area contributed by atoms with Gasteiger partial charge >= 0.3 is 0 Å². The fourth-order valence-corrected chi connectivity index (χ4v) is 2.92. The second-order valence-electron chi connectivity index (χ2n) is 5.64. The number of para-hydroxylation sites is 1. The quantitative estimate of drug-likeness (QED) is 0.832. The number of likely N-dealkylation sites (tertiary alicyclic amines) is 1. The van der Waals surface area contributed by atoms with E-state index in [4.69, 9.17) is 11.6 Å². The van der Waals surface area contributed by atoms with Crippen LogP contribution in [-0.2, 0) is 4.79 Å². The minimum atomic E-state index is 0. The SMILES string of the molecule is CNCCC1CCN(CC(=O)Nc2ccccc2Cl)CC1.Cl. The summed E-state index contributed by atoms with van der Waals surface area (Å²) in [5, 5.41) is 6.66. The molecule has 1 aliphatic rings. The average molecular weight is 346 g/mol. The molecule has 6 heteroatoms. The highest BCUT2D eigenvalue weighted by atomic mass is 35.5. The lowest BCUT2D eigenvalue weighted by Crippen LogP contribution is -2.39. The van der Waals surface area contributed by atoms with Crippen LogP contribution in [0.25, 0.3) is 0 Å². The highest BCUT2D eigenvalue weighted by Gasteiger charge is 2.20. The monoisotopic (exact) mass is 345 g/mol.